The van der Waals surface area contributed by atoms with Crippen molar-refractivity contribution in [2.24, 2.45) is 17.3 Å². The van der Waals surface area contributed by atoms with Crippen LogP contribution in [0.4, 0.5) is 0 Å². The minimum absolute atomic E-state index is 0.0153. The SMILES string of the molecule is CC(=O)C(O)C[C@@H]1[C@H](C=O)C1(C)C. The van der Waals surface area contributed by atoms with Crippen molar-refractivity contribution in [2.45, 2.75) is 33.3 Å². The highest BCUT2D eigenvalue weighted by Gasteiger charge is 2.57. The van der Waals surface area contributed by atoms with Gasteiger partial charge in [0, 0.05) is 5.92 Å². The Bertz CT molecular complexity index is 232. The van der Waals surface area contributed by atoms with Crippen LogP contribution in [0, 0.1) is 17.3 Å². The number of rotatable bonds is 4. The first-order valence-corrected chi connectivity index (χ1v) is 4.55. The van der Waals surface area contributed by atoms with Crippen molar-refractivity contribution in [2.75, 3.05) is 0 Å². The van der Waals surface area contributed by atoms with Crippen LogP contribution >= 0.6 is 0 Å². The van der Waals surface area contributed by atoms with E-state index in [4.69, 9.17) is 0 Å². The zero-order valence-corrected chi connectivity index (χ0v) is 8.28. The lowest BCUT2D eigenvalue weighted by Crippen LogP contribution is -2.18. The molecule has 3 nitrogen and oxygen atoms in total. The monoisotopic (exact) mass is 184 g/mol. The van der Waals surface area contributed by atoms with Gasteiger partial charge in [-0.05, 0) is 24.7 Å². The lowest BCUT2D eigenvalue weighted by atomic mass is 10.0. The van der Waals surface area contributed by atoms with Gasteiger partial charge in [0.05, 0.1) is 0 Å². The van der Waals surface area contributed by atoms with Crippen molar-refractivity contribution in [1.82, 2.24) is 0 Å². The first kappa shape index (κ1) is 10.4. The molecule has 0 radical (unpaired) electrons. The molecule has 0 aliphatic heterocycles. The minimum atomic E-state index is -0.894. The first-order valence-electron chi connectivity index (χ1n) is 4.55. The third kappa shape index (κ3) is 1.80. The summed E-state index contributed by atoms with van der Waals surface area (Å²) in [6.07, 6.45) is 0.456. The molecule has 3 atom stereocenters. The summed E-state index contributed by atoms with van der Waals surface area (Å²) in [6, 6.07) is 0. The molecule has 0 amide bonds. The number of Topliss-reactive ketones (excluding diaryl/α,β-unsaturated/α-hetero) is 1. The molecule has 1 fully saturated rings. The van der Waals surface area contributed by atoms with Crippen LogP contribution in [0.3, 0.4) is 0 Å². The molecule has 0 heterocycles. The van der Waals surface area contributed by atoms with Crippen molar-refractivity contribution in [3.63, 3.8) is 0 Å². The Kier molecular flexibility index (Phi) is 2.57. The maximum Gasteiger partial charge on any atom is 0.158 e. The topological polar surface area (TPSA) is 54.4 Å². The van der Waals surface area contributed by atoms with Crippen molar-refractivity contribution in [3.8, 4) is 0 Å². The molecule has 1 unspecified atom stereocenters. The lowest BCUT2D eigenvalue weighted by molar-refractivity contribution is -0.125. The van der Waals surface area contributed by atoms with E-state index < -0.39 is 6.10 Å². The molecule has 74 valence electrons. The number of carbonyl (C=O) groups is 2. The molecular weight excluding hydrogens is 168 g/mol. The number of ketones is 1. The van der Waals surface area contributed by atoms with Crippen LogP contribution in [-0.2, 0) is 9.59 Å². The molecule has 3 heteroatoms. The van der Waals surface area contributed by atoms with E-state index >= 15 is 0 Å². The average Bonchev–Trinajstić information content (AvgIpc) is 2.52. The van der Waals surface area contributed by atoms with Gasteiger partial charge in [0.25, 0.3) is 0 Å². The van der Waals surface area contributed by atoms with Gasteiger partial charge in [-0.1, -0.05) is 13.8 Å². The van der Waals surface area contributed by atoms with Crippen molar-refractivity contribution in [3.05, 3.63) is 0 Å². The Hall–Kier alpha value is -0.700. The number of aliphatic hydroxyl groups excluding tert-OH is 1. The van der Waals surface area contributed by atoms with E-state index in [2.05, 4.69) is 0 Å². The molecule has 1 aliphatic carbocycles. The molecule has 1 N–H and O–H groups in total. The quantitative estimate of drug-likeness (QED) is 0.657. The minimum Gasteiger partial charge on any atom is -0.385 e. The smallest absolute Gasteiger partial charge is 0.158 e. The fourth-order valence-electron chi connectivity index (χ4n) is 1.91. The van der Waals surface area contributed by atoms with Gasteiger partial charge in [0.15, 0.2) is 5.78 Å². The van der Waals surface area contributed by atoms with E-state index in [1.165, 1.54) is 6.92 Å². The summed E-state index contributed by atoms with van der Waals surface area (Å²) in [5.74, 6) is -0.0299. The maximum absolute atomic E-state index is 10.8. The predicted octanol–water partition coefficient (Wildman–Crippen LogP) is 0.797. The zero-order chi connectivity index (χ0) is 10.2. The van der Waals surface area contributed by atoms with Crippen LogP contribution < -0.4 is 0 Å². The molecule has 0 aromatic heterocycles. The van der Waals surface area contributed by atoms with Crippen molar-refractivity contribution < 1.29 is 14.7 Å². The third-order valence-electron chi connectivity index (χ3n) is 3.23. The van der Waals surface area contributed by atoms with E-state index in [0.717, 1.165) is 6.29 Å². The second kappa shape index (κ2) is 3.22. The second-order valence-electron chi connectivity index (χ2n) is 4.45. The fraction of sp³-hybridized carbons (Fsp3) is 0.800. The third-order valence-corrected chi connectivity index (χ3v) is 3.23. The van der Waals surface area contributed by atoms with Crippen LogP contribution in [0.5, 0.6) is 0 Å². The standard InChI is InChI=1S/C10H16O3/c1-6(12)9(13)4-7-8(5-11)10(7,2)3/h5,7-9,13H,4H2,1-3H3/t7-,8+,9?/m1/s1. The normalized spacial score (nSPS) is 32.3. The number of hydrogen-bond donors (Lipinski definition) is 1. The van der Waals surface area contributed by atoms with Gasteiger partial charge in [0.2, 0.25) is 0 Å². The Balaban J connectivity index is 2.49. The van der Waals surface area contributed by atoms with E-state index in [-0.39, 0.29) is 23.0 Å². The van der Waals surface area contributed by atoms with E-state index in [1.807, 2.05) is 13.8 Å². The molecular formula is C10H16O3. The van der Waals surface area contributed by atoms with Gasteiger partial charge in [-0.15, -0.1) is 0 Å². The van der Waals surface area contributed by atoms with Crippen LogP contribution in [0.1, 0.15) is 27.2 Å². The van der Waals surface area contributed by atoms with Gasteiger partial charge in [-0.2, -0.15) is 0 Å². The van der Waals surface area contributed by atoms with Crippen LogP contribution in [0.2, 0.25) is 0 Å². The number of aliphatic hydroxyl groups is 1. The van der Waals surface area contributed by atoms with Crippen LogP contribution in [0.15, 0.2) is 0 Å². The number of aldehydes is 1. The molecule has 0 saturated heterocycles. The Morgan fingerprint density at radius 2 is 2.15 bits per heavy atom. The van der Waals surface area contributed by atoms with E-state index in [0.29, 0.717) is 6.42 Å². The van der Waals surface area contributed by atoms with Crippen LogP contribution in [0.25, 0.3) is 0 Å². The molecule has 0 bridgehead atoms. The molecule has 1 rings (SSSR count). The van der Waals surface area contributed by atoms with Crippen molar-refractivity contribution >= 4 is 12.1 Å². The molecule has 1 aliphatic rings. The largest absolute Gasteiger partial charge is 0.385 e. The van der Waals surface area contributed by atoms with Crippen LogP contribution in [-0.4, -0.2) is 23.3 Å². The van der Waals surface area contributed by atoms with E-state index in [1.54, 1.807) is 0 Å². The van der Waals surface area contributed by atoms with Gasteiger partial charge in [-0.25, -0.2) is 0 Å². The van der Waals surface area contributed by atoms with Gasteiger partial charge < -0.3 is 9.90 Å². The summed E-state index contributed by atoms with van der Waals surface area (Å²) in [5, 5.41) is 9.32. The summed E-state index contributed by atoms with van der Waals surface area (Å²) >= 11 is 0. The summed E-state index contributed by atoms with van der Waals surface area (Å²) in [6.45, 7) is 5.35. The molecule has 13 heavy (non-hydrogen) atoms. The summed E-state index contributed by atoms with van der Waals surface area (Å²) in [7, 11) is 0. The maximum atomic E-state index is 10.8. The average molecular weight is 184 g/mol. The van der Waals surface area contributed by atoms with Crippen molar-refractivity contribution in [1.29, 1.82) is 0 Å². The Morgan fingerprint density at radius 3 is 2.46 bits per heavy atom. The summed E-state index contributed by atoms with van der Waals surface area (Å²) < 4.78 is 0. The Morgan fingerprint density at radius 1 is 1.62 bits per heavy atom. The molecule has 0 aromatic rings. The summed E-state index contributed by atoms with van der Waals surface area (Å²) in [5.41, 5.74) is -0.0296. The fourth-order valence-corrected chi connectivity index (χ4v) is 1.91. The van der Waals surface area contributed by atoms with Gasteiger partial charge >= 0.3 is 0 Å². The molecule has 0 spiro atoms. The number of hydrogen-bond acceptors (Lipinski definition) is 3. The first-order chi connectivity index (χ1) is 5.91. The summed E-state index contributed by atoms with van der Waals surface area (Å²) in [4.78, 5) is 21.4. The second-order valence-corrected chi connectivity index (χ2v) is 4.45. The number of carbonyl (C=O) groups excluding carboxylic acids is 2. The lowest BCUT2D eigenvalue weighted by Gasteiger charge is -2.06. The van der Waals surface area contributed by atoms with Gasteiger partial charge in [0.1, 0.15) is 12.4 Å². The highest BCUT2D eigenvalue weighted by molar-refractivity contribution is 5.80. The highest BCUT2D eigenvalue weighted by Crippen LogP contribution is 2.59. The van der Waals surface area contributed by atoms with Gasteiger partial charge in [-0.3, -0.25) is 4.79 Å². The Labute approximate surface area is 78.1 Å². The predicted molar refractivity (Wildman–Crippen MR) is 48.1 cm³/mol. The molecule has 1 saturated carbocycles. The highest BCUT2D eigenvalue weighted by atomic mass is 16.3. The molecule has 0 aromatic carbocycles. The zero-order valence-electron chi connectivity index (χ0n) is 8.28. The van der Waals surface area contributed by atoms with E-state index in [9.17, 15) is 14.7 Å².